The van der Waals surface area contributed by atoms with Crippen LogP contribution in [0.15, 0.2) is 28.7 Å². The van der Waals surface area contributed by atoms with Crippen LogP contribution in [-0.2, 0) is 6.54 Å². The summed E-state index contributed by atoms with van der Waals surface area (Å²) < 4.78 is 1.04. The van der Waals surface area contributed by atoms with Crippen molar-refractivity contribution in [2.75, 3.05) is 0 Å². The van der Waals surface area contributed by atoms with Crippen LogP contribution < -0.4 is 5.48 Å². The highest BCUT2D eigenvalue weighted by atomic mass is 79.9. The van der Waals surface area contributed by atoms with E-state index < -0.39 is 0 Å². The number of nitrogens with one attached hydrogen (secondary N) is 2. The Bertz CT molecular complexity index is 424. The molecule has 0 unspecified atom stereocenters. The van der Waals surface area contributed by atoms with E-state index in [9.17, 15) is 0 Å². The van der Waals surface area contributed by atoms with Gasteiger partial charge in [-0.3, -0.25) is 0 Å². The van der Waals surface area contributed by atoms with Crippen LogP contribution in [0.3, 0.4) is 0 Å². The topological polar surface area (TPSA) is 48.0 Å². The molecule has 1 aromatic carbocycles. The fourth-order valence-electron chi connectivity index (χ4n) is 1.36. The predicted molar refractivity (Wildman–Crippen MR) is 54.6 cm³/mol. The van der Waals surface area contributed by atoms with Crippen LogP contribution >= 0.6 is 15.9 Å². The fraction of sp³-hybridized carbons (Fsp3) is 0.111. The van der Waals surface area contributed by atoms with Gasteiger partial charge in [-0.25, -0.2) is 0 Å². The molecule has 0 aliphatic heterocycles. The van der Waals surface area contributed by atoms with Gasteiger partial charge in [0.2, 0.25) is 0 Å². The monoisotopic (exact) mass is 240 g/mol. The Morgan fingerprint density at radius 2 is 2.31 bits per heavy atom. The SMILES string of the molecule is ONCc1cc2cccc(Br)c2[nH]1. The third-order valence-corrected chi connectivity index (χ3v) is 2.59. The van der Waals surface area contributed by atoms with Gasteiger partial charge in [0.05, 0.1) is 12.1 Å². The zero-order chi connectivity index (χ0) is 9.26. The average Bonchev–Trinajstić information content (AvgIpc) is 2.49. The van der Waals surface area contributed by atoms with Crippen molar-refractivity contribution in [1.82, 2.24) is 10.5 Å². The number of benzene rings is 1. The van der Waals surface area contributed by atoms with Crippen LogP contribution in [0.4, 0.5) is 0 Å². The van der Waals surface area contributed by atoms with Crippen LogP contribution in [0, 0.1) is 0 Å². The molecule has 0 aliphatic carbocycles. The zero-order valence-electron chi connectivity index (χ0n) is 6.84. The van der Waals surface area contributed by atoms with Crippen molar-refractivity contribution in [2.45, 2.75) is 6.54 Å². The van der Waals surface area contributed by atoms with Crippen molar-refractivity contribution in [1.29, 1.82) is 0 Å². The zero-order valence-corrected chi connectivity index (χ0v) is 8.43. The highest BCUT2D eigenvalue weighted by molar-refractivity contribution is 9.10. The standard InChI is InChI=1S/C9H9BrN2O/c10-8-3-1-2-6-4-7(5-11-13)12-9(6)8/h1-4,11-13H,5H2. The molecule has 13 heavy (non-hydrogen) atoms. The Morgan fingerprint density at radius 3 is 3.00 bits per heavy atom. The second-order valence-electron chi connectivity index (χ2n) is 2.83. The molecule has 0 amide bonds. The minimum absolute atomic E-state index is 0.432. The molecule has 1 aromatic heterocycles. The molecule has 68 valence electrons. The minimum Gasteiger partial charge on any atom is -0.356 e. The first-order chi connectivity index (χ1) is 6.31. The number of hydrogen-bond acceptors (Lipinski definition) is 2. The summed E-state index contributed by atoms with van der Waals surface area (Å²) >= 11 is 3.45. The van der Waals surface area contributed by atoms with Crippen LogP contribution in [-0.4, -0.2) is 10.2 Å². The van der Waals surface area contributed by atoms with Crippen molar-refractivity contribution < 1.29 is 5.21 Å². The second kappa shape index (κ2) is 3.49. The Labute approximate surface area is 83.9 Å². The first-order valence-corrected chi connectivity index (χ1v) is 4.73. The lowest BCUT2D eigenvalue weighted by atomic mass is 10.2. The summed E-state index contributed by atoms with van der Waals surface area (Å²) in [6, 6.07) is 7.99. The molecule has 1 heterocycles. The lowest BCUT2D eigenvalue weighted by Gasteiger charge is -1.92. The molecule has 0 saturated carbocycles. The second-order valence-corrected chi connectivity index (χ2v) is 3.69. The van der Waals surface area contributed by atoms with E-state index in [0.717, 1.165) is 21.1 Å². The number of aromatic nitrogens is 1. The number of halogens is 1. The largest absolute Gasteiger partial charge is 0.356 e. The Balaban J connectivity index is 2.55. The number of hydrogen-bond donors (Lipinski definition) is 3. The van der Waals surface area contributed by atoms with Crippen LogP contribution in [0.1, 0.15) is 5.69 Å². The molecular formula is C9H9BrN2O. The summed E-state index contributed by atoms with van der Waals surface area (Å²) in [4.78, 5) is 3.20. The molecule has 0 bridgehead atoms. The molecule has 0 aliphatic rings. The molecule has 0 atom stereocenters. The van der Waals surface area contributed by atoms with E-state index in [1.54, 1.807) is 0 Å². The van der Waals surface area contributed by atoms with E-state index in [1.807, 2.05) is 24.3 Å². The van der Waals surface area contributed by atoms with Gasteiger partial charge in [-0.2, -0.15) is 5.48 Å². The van der Waals surface area contributed by atoms with E-state index >= 15 is 0 Å². The van der Waals surface area contributed by atoms with Crippen LogP contribution in [0.2, 0.25) is 0 Å². The summed E-state index contributed by atoms with van der Waals surface area (Å²) in [7, 11) is 0. The van der Waals surface area contributed by atoms with Crippen molar-refractivity contribution in [2.24, 2.45) is 0 Å². The van der Waals surface area contributed by atoms with Crippen molar-refractivity contribution in [3.8, 4) is 0 Å². The lowest BCUT2D eigenvalue weighted by Crippen LogP contribution is -2.05. The normalized spacial score (nSPS) is 10.9. The molecule has 2 rings (SSSR count). The molecule has 0 radical (unpaired) electrons. The Hall–Kier alpha value is -0.840. The van der Waals surface area contributed by atoms with Crippen molar-refractivity contribution in [3.05, 3.63) is 34.4 Å². The van der Waals surface area contributed by atoms with Gasteiger partial charge in [0.15, 0.2) is 0 Å². The van der Waals surface area contributed by atoms with Crippen molar-refractivity contribution in [3.63, 3.8) is 0 Å². The van der Waals surface area contributed by atoms with Crippen LogP contribution in [0.5, 0.6) is 0 Å². The number of fused-ring (bicyclic) bond motifs is 1. The lowest BCUT2D eigenvalue weighted by molar-refractivity contribution is 0.160. The molecule has 3 N–H and O–H groups in total. The summed E-state index contributed by atoms with van der Waals surface area (Å²) in [6.07, 6.45) is 0. The first-order valence-electron chi connectivity index (χ1n) is 3.94. The quantitative estimate of drug-likeness (QED) is 0.707. The molecular weight excluding hydrogens is 232 g/mol. The molecule has 3 nitrogen and oxygen atoms in total. The number of hydroxylamine groups is 1. The highest BCUT2D eigenvalue weighted by Gasteiger charge is 2.02. The fourth-order valence-corrected chi connectivity index (χ4v) is 1.84. The van der Waals surface area contributed by atoms with Gasteiger partial charge in [0.25, 0.3) is 0 Å². The van der Waals surface area contributed by atoms with E-state index in [2.05, 4.69) is 26.4 Å². The summed E-state index contributed by atoms with van der Waals surface area (Å²) in [5.74, 6) is 0. The van der Waals surface area contributed by atoms with Crippen LogP contribution in [0.25, 0.3) is 10.9 Å². The average molecular weight is 241 g/mol. The van der Waals surface area contributed by atoms with Crippen molar-refractivity contribution >= 4 is 26.8 Å². The minimum atomic E-state index is 0.432. The maximum atomic E-state index is 8.53. The summed E-state index contributed by atoms with van der Waals surface area (Å²) in [5, 5.41) is 9.67. The van der Waals surface area contributed by atoms with Gasteiger partial charge in [0.1, 0.15) is 0 Å². The summed E-state index contributed by atoms with van der Waals surface area (Å²) in [5.41, 5.74) is 4.14. The van der Waals surface area contributed by atoms with Gasteiger partial charge in [-0.05, 0) is 28.1 Å². The third-order valence-electron chi connectivity index (χ3n) is 1.93. The summed E-state index contributed by atoms with van der Waals surface area (Å²) in [6.45, 7) is 0.432. The van der Waals surface area contributed by atoms with E-state index in [1.165, 1.54) is 0 Å². The number of H-pyrrole nitrogens is 1. The Morgan fingerprint density at radius 1 is 1.46 bits per heavy atom. The highest BCUT2D eigenvalue weighted by Crippen LogP contribution is 2.23. The van der Waals surface area contributed by atoms with E-state index in [-0.39, 0.29) is 0 Å². The van der Waals surface area contributed by atoms with E-state index in [4.69, 9.17) is 5.21 Å². The van der Waals surface area contributed by atoms with Gasteiger partial charge in [-0.15, -0.1) is 0 Å². The smallest absolute Gasteiger partial charge is 0.0609 e. The number of para-hydroxylation sites is 1. The van der Waals surface area contributed by atoms with Gasteiger partial charge >= 0.3 is 0 Å². The Kier molecular flexibility index (Phi) is 2.35. The first kappa shape index (κ1) is 8.74. The number of aromatic amines is 1. The maximum Gasteiger partial charge on any atom is 0.0609 e. The molecule has 2 aromatic rings. The molecule has 0 spiro atoms. The number of rotatable bonds is 2. The molecule has 4 heteroatoms. The predicted octanol–water partition coefficient (Wildman–Crippen LogP) is 2.41. The molecule has 0 fully saturated rings. The van der Waals surface area contributed by atoms with Gasteiger partial charge in [0, 0.05) is 15.6 Å². The van der Waals surface area contributed by atoms with Gasteiger partial charge < -0.3 is 10.2 Å². The van der Waals surface area contributed by atoms with E-state index in [0.29, 0.717) is 6.54 Å². The third kappa shape index (κ3) is 1.60. The maximum absolute atomic E-state index is 8.53. The molecule has 0 saturated heterocycles. The van der Waals surface area contributed by atoms with Gasteiger partial charge in [-0.1, -0.05) is 12.1 Å².